The van der Waals surface area contributed by atoms with Crippen molar-refractivity contribution in [3.63, 3.8) is 0 Å². The molecule has 1 aromatic heterocycles. The third kappa shape index (κ3) is 2.61. The van der Waals surface area contributed by atoms with Crippen LogP contribution in [0.3, 0.4) is 0 Å². The molecule has 0 fully saturated rings. The lowest BCUT2D eigenvalue weighted by Gasteiger charge is -2.19. The van der Waals surface area contributed by atoms with Gasteiger partial charge in [0.2, 0.25) is 0 Å². The Hall–Kier alpha value is -2.05. The van der Waals surface area contributed by atoms with Gasteiger partial charge in [0.15, 0.2) is 0 Å². The van der Waals surface area contributed by atoms with E-state index in [0.717, 1.165) is 11.1 Å². The van der Waals surface area contributed by atoms with Gasteiger partial charge in [0.25, 0.3) is 0 Å². The van der Waals surface area contributed by atoms with Crippen molar-refractivity contribution in [1.82, 2.24) is 9.97 Å². The van der Waals surface area contributed by atoms with Crippen LogP contribution < -0.4 is 16.0 Å². The summed E-state index contributed by atoms with van der Waals surface area (Å²) in [5.41, 5.74) is 2.09. The first-order valence-corrected chi connectivity index (χ1v) is 7.88. The molecule has 0 aliphatic carbocycles. The molecular weight excluding hydrogens is 263 g/mol. The minimum atomic E-state index is -0.640. The molecule has 0 aliphatic heterocycles. The minimum absolute atomic E-state index is 0.640. The number of aromatic nitrogens is 2. The predicted octanol–water partition coefficient (Wildman–Crippen LogP) is 2.54. The van der Waals surface area contributed by atoms with Crippen LogP contribution in [0.4, 0.5) is 0 Å². The van der Waals surface area contributed by atoms with E-state index in [2.05, 4.69) is 58.5 Å². The molecule has 0 atom stereocenters. The topological polar surface area (TPSA) is 25.8 Å². The molecule has 2 nitrogen and oxygen atoms in total. The molecule has 0 spiro atoms. The van der Waals surface area contributed by atoms with Gasteiger partial charge < -0.3 is 0 Å². The highest BCUT2D eigenvalue weighted by molar-refractivity contribution is 7.79. The summed E-state index contributed by atoms with van der Waals surface area (Å²) < 4.78 is 0. The lowest BCUT2D eigenvalue weighted by atomic mass is 10.4. The van der Waals surface area contributed by atoms with Crippen LogP contribution in [-0.2, 0) is 0 Å². The average molecular weight is 278 g/mol. The maximum Gasteiger partial charge on any atom is 0.0931 e. The quantitative estimate of drug-likeness (QED) is 0.688. The maximum absolute atomic E-state index is 4.60. The molecule has 1 heterocycles. The zero-order valence-corrected chi connectivity index (χ0v) is 12.2. The van der Waals surface area contributed by atoms with Crippen LogP contribution in [0.1, 0.15) is 5.69 Å². The van der Waals surface area contributed by atoms with Crippen LogP contribution in [0.15, 0.2) is 73.1 Å². The number of benzene rings is 2. The summed E-state index contributed by atoms with van der Waals surface area (Å²) in [5.74, 6) is 0. The molecule has 3 rings (SSSR count). The Labute approximate surface area is 120 Å². The van der Waals surface area contributed by atoms with Gasteiger partial charge in [0, 0.05) is 20.3 Å². The van der Waals surface area contributed by atoms with Crippen molar-refractivity contribution in [3.8, 4) is 0 Å². The number of rotatable bonds is 3. The molecule has 0 saturated carbocycles. The van der Waals surface area contributed by atoms with E-state index in [1.165, 1.54) is 10.6 Å². The Morgan fingerprint density at radius 3 is 1.70 bits per heavy atom. The van der Waals surface area contributed by atoms with Crippen LogP contribution in [-0.4, -0.2) is 9.97 Å². The van der Waals surface area contributed by atoms with Gasteiger partial charge in [-0.1, -0.05) is 60.7 Å². The minimum Gasteiger partial charge on any atom is -0.258 e. The Morgan fingerprint density at radius 2 is 1.20 bits per heavy atom. The van der Waals surface area contributed by atoms with Gasteiger partial charge in [0.05, 0.1) is 11.1 Å². The molecule has 0 aliphatic rings. The molecular formula is C17H15N2P. The zero-order valence-electron chi connectivity index (χ0n) is 11.3. The van der Waals surface area contributed by atoms with Crippen molar-refractivity contribution in [2.75, 3.05) is 0 Å². The molecule has 0 N–H and O–H groups in total. The normalized spacial score (nSPS) is 10.7. The van der Waals surface area contributed by atoms with E-state index in [9.17, 15) is 0 Å². The van der Waals surface area contributed by atoms with Gasteiger partial charge in [-0.3, -0.25) is 9.97 Å². The van der Waals surface area contributed by atoms with Crippen LogP contribution in [0.5, 0.6) is 0 Å². The summed E-state index contributed by atoms with van der Waals surface area (Å²) in [6.45, 7) is 2.03. The molecule has 0 radical (unpaired) electrons. The molecule has 0 amide bonds. The first-order valence-electron chi connectivity index (χ1n) is 6.54. The Kier molecular flexibility index (Phi) is 3.85. The van der Waals surface area contributed by atoms with E-state index in [1.54, 1.807) is 12.4 Å². The highest BCUT2D eigenvalue weighted by atomic mass is 31.1. The van der Waals surface area contributed by atoms with E-state index in [1.807, 2.05) is 19.1 Å². The van der Waals surface area contributed by atoms with Gasteiger partial charge in [-0.25, -0.2) is 0 Å². The Morgan fingerprint density at radius 1 is 0.700 bits per heavy atom. The smallest absolute Gasteiger partial charge is 0.0931 e. The highest BCUT2D eigenvalue weighted by Gasteiger charge is 2.19. The van der Waals surface area contributed by atoms with E-state index in [-0.39, 0.29) is 0 Å². The molecule has 0 unspecified atom stereocenters. The largest absolute Gasteiger partial charge is 0.258 e. The van der Waals surface area contributed by atoms with Gasteiger partial charge in [-0.15, -0.1) is 0 Å². The first-order chi connectivity index (χ1) is 9.86. The zero-order chi connectivity index (χ0) is 13.8. The number of aryl methyl sites for hydroxylation is 1. The monoisotopic (exact) mass is 278 g/mol. The van der Waals surface area contributed by atoms with Gasteiger partial charge >= 0.3 is 0 Å². The standard InChI is InChI=1S/C17H15N2P/c1-14-17(19-13-12-18-14)20(15-8-4-2-5-9-15)16-10-6-3-7-11-16/h2-13H,1H3. The summed E-state index contributed by atoms with van der Waals surface area (Å²) in [6, 6.07) is 21.1. The summed E-state index contributed by atoms with van der Waals surface area (Å²) in [4.78, 5) is 9.00. The van der Waals surface area contributed by atoms with Gasteiger partial charge in [-0.2, -0.15) is 0 Å². The van der Waals surface area contributed by atoms with Crippen molar-refractivity contribution >= 4 is 24.0 Å². The van der Waals surface area contributed by atoms with Crippen molar-refractivity contribution in [1.29, 1.82) is 0 Å². The summed E-state index contributed by atoms with van der Waals surface area (Å²) in [7, 11) is -0.640. The number of hydrogen-bond acceptors (Lipinski definition) is 2. The number of hydrogen-bond donors (Lipinski definition) is 0. The van der Waals surface area contributed by atoms with Crippen LogP contribution in [0, 0.1) is 6.92 Å². The Bertz CT molecular complexity index is 644. The van der Waals surface area contributed by atoms with E-state index < -0.39 is 7.92 Å². The number of nitrogens with zero attached hydrogens (tertiary/aromatic N) is 2. The lowest BCUT2D eigenvalue weighted by Crippen LogP contribution is -2.25. The summed E-state index contributed by atoms with van der Waals surface area (Å²) in [5, 5.41) is 2.61. The second kappa shape index (κ2) is 5.94. The third-order valence-corrected chi connectivity index (χ3v) is 5.59. The fourth-order valence-electron chi connectivity index (χ4n) is 2.17. The maximum atomic E-state index is 4.60. The van der Waals surface area contributed by atoms with Crippen LogP contribution in [0.2, 0.25) is 0 Å². The molecule has 0 bridgehead atoms. The second-order valence-electron chi connectivity index (χ2n) is 4.47. The average Bonchev–Trinajstić information content (AvgIpc) is 2.52. The third-order valence-electron chi connectivity index (χ3n) is 3.10. The van der Waals surface area contributed by atoms with E-state index >= 15 is 0 Å². The van der Waals surface area contributed by atoms with Gasteiger partial charge in [-0.05, 0) is 17.5 Å². The SMILES string of the molecule is Cc1nccnc1P(c1ccccc1)c1ccccc1. The molecule has 0 saturated heterocycles. The van der Waals surface area contributed by atoms with Gasteiger partial charge in [0.1, 0.15) is 0 Å². The molecule has 20 heavy (non-hydrogen) atoms. The highest BCUT2D eigenvalue weighted by Crippen LogP contribution is 2.32. The molecule has 3 aromatic rings. The van der Waals surface area contributed by atoms with E-state index in [4.69, 9.17) is 0 Å². The van der Waals surface area contributed by atoms with Crippen LogP contribution >= 0.6 is 7.92 Å². The van der Waals surface area contributed by atoms with E-state index in [0.29, 0.717) is 0 Å². The fourth-order valence-corrected chi connectivity index (χ4v) is 4.46. The second-order valence-corrected chi connectivity index (χ2v) is 6.60. The van der Waals surface area contributed by atoms with Crippen molar-refractivity contribution < 1.29 is 0 Å². The van der Waals surface area contributed by atoms with Crippen LogP contribution in [0.25, 0.3) is 0 Å². The fraction of sp³-hybridized carbons (Fsp3) is 0.0588. The molecule has 2 aromatic carbocycles. The van der Waals surface area contributed by atoms with Crippen molar-refractivity contribution in [3.05, 3.63) is 78.8 Å². The summed E-state index contributed by atoms with van der Waals surface area (Å²) in [6.07, 6.45) is 3.53. The van der Waals surface area contributed by atoms with Crippen molar-refractivity contribution in [2.45, 2.75) is 6.92 Å². The molecule has 98 valence electrons. The Balaban J connectivity index is 2.17. The lowest BCUT2D eigenvalue weighted by molar-refractivity contribution is 1.16. The molecule has 3 heteroatoms. The first kappa shape index (κ1) is 13.0. The summed E-state index contributed by atoms with van der Waals surface area (Å²) >= 11 is 0. The predicted molar refractivity (Wildman–Crippen MR) is 85.5 cm³/mol. The van der Waals surface area contributed by atoms with Crippen molar-refractivity contribution in [2.24, 2.45) is 0 Å².